The second-order valence-corrected chi connectivity index (χ2v) is 18.6. The summed E-state index contributed by atoms with van der Waals surface area (Å²) in [4.78, 5) is 110. The van der Waals surface area contributed by atoms with Crippen molar-refractivity contribution in [1.29, 1.82) is 0 Å². The van der Waals surface area contributed by atoms with E-state index in [1.165, 1.54) is 37.7 Å². The molecule has 0 spiro atoms. The molecule has 0 saturated carbocycles. The predicted octanol–water partition coefficient (Wildman–Crippen LogP) is 2.21. The number of nitrogens with one attached hydrogen (secondary N) is 6. The number of likely N-dealkylation sites (tertiary alicyclic amines) is 2. The topological polar surface area (TPSA) is 222 Å². The Labute approximate surface area is 427 Å². The van der Waals surface area contributed by atoms with Gasteiger partial charge in [0.1, 0.15) is 12.1 Å². The Kier molecular flexibility index (Phi) is 23.6. The zero-order valence-electron chi connectivity index (χ0n) is 42.3. The first kappa shape index (κ1) is 60.3. The van der Waals surface area contributed by atoms with Gasteiger partial charge >= 0.3 is 24.2 Å². The first-order valence-electron chi connectivity index (χ1n) is 24.9. The zero-order valence-corrected chi connectivity index (χ0v) is 42.3. The number of halogens is 6. The second-order valence-electron chi connectivity index (χ2n) is 18.6. The summed E-state index contributed by atoms with van der Waals surface area (Å²) in [5.74, 6) is -7.97. The van der Waals surface area contributed by atoms with Crippen LogP contribution < -0.4 is 31.9 Å². The molecule has 0 unspecified atom stereocenters. The highest BCUT2D eigenvalue weighted by Crippen LogP contribution is 2.26. The van der Waals surface area contributed by atoms with Gasteiger partial charge in [0.05, 0.1) is 24.9 Å². The molecule has 6 N–H and O–H groups in total. The number of likely N-dealkylation sites (N-methyl/N-ethyl adjacent to an activating group) is 2. The fourth-order valence-electron chi connectivity index (χ4n) is 8.74. The van der Waals surface area contributed by atoms with Crippen LogP contribution in [-0.4, -0.2) is 182 Å². The van der Waals surface area contributed by atoms with Gasteiger partial charge in [-0.1, -0.05) is 60.7 Å². The van der Waals surface area contributed by atoms with Crippen molar-refractivity contribution in [3.8, 4) is 0 Å². The zero-order chi connectivity index (χ0) is 54.6. The van der Waals surface area contributed by atoms with E-state index in [2.05, 4.69) is 31.9 Å². The Bertz CT molecular complexity index is 2040. The van der Waals surface area contributed by atoms with Crippen LogP contribution in [0.2, 0.25) is 0 Å². The molecule has 0 aromatic heterocycles. The van der Waals surface area contributed by atoms with E-state index in [1.54, 1.807) is 60.7 Å². The summed E-state index contributed by atoms with van der Waals surface area (Å²) in [5.41, 5.74) is 1.43. The Balaban J connectivity index is 1.33. The standard InChI is InChI=1S/C50H70F6N10O8/c1-33(57-3)43(69)61-39(45(71)65-25-13-19-37(65)31-63(47(73)49(51,52)53)27-21-35-15-7-5-8-16-35)29-41(67)59-23-11-12-24-60-42(68)30-40(62-44(70)34(2)58-4)46(72)66-26-14-20-38(66)32-64(48(74)50(54,55)56)28-22-36-17-9-6-10-18-36/h5-10,15-18,33-34,37-40,57-58H,11-14,19-32H2,1-4H3,(H,59,67)(H,60,68)(H,61,69)(H,62,70)/t33-,34+,37-,38-,39-,40-/m0/s1. The van der Waals surface area contributed by atoms with Crippen molar-refractivity contribution in [3.05, 3.63) is 71.8 Å². The largest absolute Gasteiger partial charge is 0.471 e. The van der Waals surface area contributed by atoms with Gasteiger partial charge in [-0.3, -0.25) is 38.4 Å². The monoisotopic (exact) mass is 1050 g/mol. The number of carbonyl (C=O) groups is 8. The lowest BCUT2D eigenvalue weighted by molar-refractivity contribution is -0.186. The molecule has 24 heteroatoms. The minimum atomic E-state index is -5.16. The number of nitrogens with zero attached hydrogens (tertiary/aromatic N) is 4. The number of hydrogen-bond donors (Lipinski definition) is 6. The Morgan fingerprint density at radius 2 is 0.932 bits per heavy atom. The fraction of sp³-hybridized carbons (Fsp3) is 0.600. The average molecular weight is 1050 g/mol. The molecule has 2 aliphatic heterocycles. The summed E-state index contributed by atoms with van der Waals surface area (Å²) in [7, 11) is 3.03. The smallest absolute Gasteiger partial charge is 0.356 e. The molecule has 2 aliphatic rings. The second kappa shape index (κ2) is 29.0. The number of unbranched alkanes of at least 4 members (excludes halogenated alkanes) is 1. The highest BCUT2D eigenvalue weighted by Gasteiger charge is 2.46. The molecular formula is C50H70F6N10O8. The van der Waals surface area contributed by atoms with Crippen molar-refractivity contribution in [1.82, 2.24) is 51.5 Å². The van der Waals surface area contributed by atoms with Gasteiger partial charge in [0.25, 0.3) is 0 Å². The van der Waals surface area contributed by atoms with Gasteiger partial charge in [0.15, 0.2) is 0 Å². The molecule has 2 aromatic carbocycles. The van der Waals surface area contributed by atoms with Crippen molar-refractivity contribution >= 4 is 47.3 Å². The van der Waals surface area contributed by atoms with Gasteiger partial charge in [-0.25, -0.2) is 0 Å². The van der Waals surface area contributed by atoms with E-state index in [0.29, 0.717) is 46.6 Å². The van der Waals surface area contributed by atoms with Crippen LogP contribution in [0.3, 0.4) is 0 Å². The van der Waals surface area contributed by atoms with Crippen LogP contribution in [0.15, 0.2) is 60.7 Å². The molecule has 0 radical (unpaired) electrons. The number of alkyl halides is 6. The molecule has 2 aromatic rings. The number of benzene rings is 2. The molecule has 18 nitrogen and oxygen atoms in total. The first-order chi connectivity index (χ1) is 35.0. The van der Waals surface area contributed by atoms with Crippen LogP contribution in [-0.2, 0) is 51.2 Å². The van der Waals surface area contributed by atoms with Crippen molar-refractivity contribution < 1.29 is 64.7 Å². The van der Waals surface area contributed by atoms with Crippen LogP contribution >= 0.6 is 0 Å². The van der Waals surface area contributed by atoms with Gasteiger partial charge in [0.2, 0.25) is 35.4 Å². The summed E-state index contributed by atoms with van der Waals surface area (Å²) in [6.07, 6.45) is -9.10. The van der Waals surface area contributed by atoms with Crippen molar-refractivity contribution in [2.45, 2.75) is 127 Å². The molecule has 6 atom stereocenters. The van der Waals surface area contributed by atoms with Crippen molar-refractivity contribution in [2.24, 2.45) is 0 Å². The predicted molar refractivity (Wildman–Crippen MR) is 260 cm³/mol. The Hall–Kier alpha value is -6.30. The summed E-state index contributed by atoms with van der Waals surface area (Å²) < 4.78 is 82.6. The van der Waals surface area contributed by atoms with Crippen LogP contribution in [0, 0.1) is 0 Å². The van der Waals surface area contributed by atoms with Gasteiger partial charge in [-0.2, -0.15) is 26.3 Å². The SMILES string of the molecule is CN[C@@H](C)C(=O)N[C@@H](CC(=O)NCCCCNC(=O)C[C@H](NC(=O)[C@@H](C)NC)C(=O)N1CCC[C@H]1CN(CCc1ccccc1)C(=O)C(F)(F)F)C(=O)N1CCC[C@H]1CN(CCc1ccccc1)C(=O)C(F)(F)F. The number of amides is 8. The summed E-state index contributed by atoms with van der Waals surface area (Å²) >= 11 is 0. The van der Waals surface area contributed by atoms with E-state index >= 15 is 0 Å². The highest BCUT2D eigenvalue weighted by molar-refractivity contribution is 5.94. The third-order valence-corrected chi connectivity index (χ3v) is 13.2. The van der Waals surface area contributed by atoms with Crippen LogP contribution in [0.1, 0.15) is 76.3 Å². The maximum atomic E-state index is 14.1. The quantitative estimate of drug-likeness (QED) is 0.0566. The number of hydrogen-bond acceptors (Lipinski definition) is 10. The van der Waals surface area contributed by atoms with Gasteiger partial charge < -0.3 is 51.5 Å². The number of rotatable bonds is 27. The molecule has 410 valence electrons. The molecule has 0 aliphatic carbocycles. The van der Waals surface area contributed by atoms with Crippen molar-refractivity contribution in [3.63, 3.8) is 0 Å². The van der Waals surface area contributed by atoms with E-state index in [1.807, 2.05) is 0 Å². The van der Waals surface area contributed by atoms with E-state index < -0.39 is 122 Å². The van der Waals surface area contributed by atoms with E-state index in [9.17, 15) is 64.7 Å². The van der Waals surface area contributed by atoms with Gasteiger partial charge in [0, 0.05) is 64.4 Å². The lowest BCUT2D eigenvalue weighted by atomic mass is 10.1. The lowest BCUT2D eigenvalue weighted by Crippen LogP contribution is -2.56. The lowest BCUT2D eigenvalue weighted by Gasteiger charge is -2.33. The van der Waals surface area contributed by atoms with E-state index in [4.69, 9.17) is 0 Å². The fourth-order valence-corrected chi connectivity index (χ4v) is 8.74. The average Bonchev–Trinajstić information content (AvgIpc) is 4.05. The Morgan fingerprint density at radius 1 is 0.581 bits per heavy atom. The third-order valence-electron chi connectivity index (χ3n) is 13.2. The normalized spacial score (nSPS) is 17.4. The molecule has 2 fully saturated rings. The molecule has 4 rings (SSSR count). The molecule has 2 saturated heterocycles. The number of carbonyl (C=O) groups excluding carboxylic acids is 8. The van der Waals surface area contributed by atoms with E-state index in [0.717, 1.165) is 0 Å². The van der Waals surface area contributed by atoms with Gasteiger partial charge in [-0.05, 0) is 90.4 Å². The summed E-state index contributed by atoms with van der Waals surface area (Å²) in [6.45, 7) is 2.06. The third kappa shape index (κ3) is 18.9. The first-order valence-corrected chi connectivity index (χ1v) is 24.9. The summed E-state index contributed by atoms with van der Waals surface area (Å²) in [5, 5.41) is 16.0. The van der Waals surface area contributed by atoms with Crippen molar-refractivity contribution in [2.75, 3.05) is 66.5 Å². The molecule has 2 heterocycles. The Morgan fingerprint density at radius 3 is 1.26 bits per heavy atom. The van der Waals surface area contributed by atoms with Crippen LogP contribution in [0.25, 0.3) is 0 Å². The molecular weight excluding hydrogens is 983 g/mol. The maximum absolute atomic E-state index is 14.1. The van der Waals surface area contributed by atoms with E-state index in [-0.39, 0.29) is 65.0 Å². The van der Waals surface area contributed by atoms with Gasteiger partial charge in [-0.15, -0.1) is 0 Å². The molecule has 74 heavy (non-hydrogen) atoms. The highest BCUT2D eigenvalue weighted by atomic mass is 19.4. The minimum absolute atomic E-state index is 0.0629. The van der Waals surface area contributed by atoms with Crippen LogP contribution in [0.4, 0.5) is 26.3 Å². The minimum Gasteiger partial charge on any atom is -0.356 e. The molecule has 8 amide bonds. The maximum Gasteiger partial charge on any atom is 0.471 e. The van der Waals surface area contributed by atoms with Crippen LogP contribution in [0.5, 0.6) is 0 Å². The summed E-state index contributed by atoms with van der Waals surface area (Å²) in [6, 6.07) is 11.3. The molecule has 0 bridgehead atoms.